The molecular formula is C48H75N13O18S. The molecule has 0 aromatic heterocycles. The number of likely N-dealkylation sites (tertiary alicyclic amines) is 1. The number of amides is 9. The highest BCUT2D eigenvalue weighted by Gasteiger charge is 2.41. The van der Waals surface area contributed by atoms with Crippen molar-refractivity contribution in [2.45, 2.75) is 145 Å². The summed E-state index contributed by atoms with van der Waals surface area (Å²) < 4.78 is 0. The zero-order valence-corrected chi connectivity index (χ0v) is 45.3. The highest BCUT2D eigenvalue weighted by atomic mass is 32.2. The van der Waals surface area contributed by atoms with Crippen molar-refractivity contribution in [3.63, 3.8) is 0 Å². The van der Waals surface area contributed by atoms with Gasteiger partial charge in [0.25, 0.3) is 0 Å². The Hall–Kier alpha value is -7.68. The van der Waals surface area contributed by atoms with Gasteiger partial charge in [0, 0.05) is 32.4 Å². The Kier molecular flexibility index (Phi) is 30.0. The zero-order valence-electron chi connectivity index (χ0n) is 44.5. The van der Waals surface area contributed by atoms with Crippen LogP contribution in [0.15, 0.2) is 35.3 Å². The molecule has 0 saturated carbocycles. The van der Waals surface area contributed by atoms with Crippen LogP contribution < -0.4 is 59.7 Å². The largest absolute Gasteiger partial charge is 0.481 e. The molecule has 1 aliphatic heterocycles. The third-order valence-electron chi connectivity index (χ3n) is 12.3. The Morgan fingerprint density at radius 2 is 1.18 bits per heavy atom. The van der Waals surface area contributed by atoms with E-state index in [0.29, 0.717) is 5.56 Å². The topological polar surface area (TPSA) is 516 Å². The molecule has 0 radical (unpaired) electrons. The number of hydrogen-bond donors (Lipinski definition) is 17. The van der Waals surface area contributed by atoms with Gasteiger partial charge in [-0.2, -0.15) is 11.8 Å². The van der Waals surface area contributed by atoms with E-state index in [9.17, 15) is 78.0 Å². The first-order valence-corrected chi connectivity index (χ1v) is 26.8. The number of carbonyl (C=O) groups is 12. The van der Waals surface area contributed by atoms with Gasteiger partial charge in [-0.3, -0.25) is 57.7 Å². The number of guanidine groups is 1. The summed E-state index contributed by atoms with van der Waals surface area (Å²) in [4.78, 5) is 162. The molecule has 2 rings (SSSR count). The third-order valence-corrected chi connectivity index (χ3v) is 12.9. The molecule has 1 fully saturated rings. The van der Waals surface area contributed by atoms with Crippen LogP contribution in [0.5, 0.6) is 0 Å². The number of carboxylic acid groups (broad SMARTS) is 3. The number of aliphatic hydroxyl groups excluding tert-OH is 3. The van der Waals surface area contributed by atoms with E-state index in [0.717, 1.165) is 11.8 Å². The highest BCUT2D eigenvalue weighted by molar-refractivity contribution is 7.98. The van der Waals surface area contributed by atoms with Gasteiger partial charge in [-0.1, -0.05) is 30.3 Å². The summed E-state index contributed by atoms with van der Waals surface area (Å²) in [7, 11) is 0. The van der Waals surface area contributed by atoms with Gasteiger partial charge in [0.1, 0.15) is 54.4 Å². The smallest absolute Gasteiger partial charge is 0.328 e. The molecule has 32 heteroatoms. The average molecular weight is 1150 g/mol. The number of nitrogens with two attached hydrogens (primary N) is 3. The van der Waals surface area contributed by atoms with Crippen molar-refractivity contribution in [1.29, 1.82) is 0 Å². The number of thioether (sulfide) groups is 1. The Balaban J connectivity index is 2.41. The summed E-state index contributed by atoms with van der Waals surface area (Å²) in [5.74, 6) is -13.1. The van der Waals surface area contributed by atoms with Crippen molar-refractivity contribution in [1.82, 2.24) is 47.4 Å². The third kappa shape index (κ3) is 23.7. The van der Waals surface area contributed by atoms with Crippen LogP contribution in [0.3, 0.4) is 0 Å². The first kappa shape index (κ1) is 68.4. The van der Waals surface area contributed by atoms with E-state index in [-0.39, 0.29) is 69.7 Å². The molecule has 1 heterocycles. The van der Waals surface area contributed by atoms with Crippen molar-refractivity contribution >= 4 is 88.8 Å². The van der Waals surface area contributed by atoms with Crippen LogP contribution in [0.2, 0.25) is 0 Å². The first-order chi connectivity index (χ1) is 37.7. The van der Waals surface area contributed by atoms with Crippen LogP contribution in [0.4, 0.5) is 0 Å². The van der Waals surface area contributed by atoms with Crippen LogP contribution in [-0.4, -0.2) is 217 Å². The molecule has 9 amide bonds. The van der Waals surface area contributed by atoms with Gasteiger partial charge in [0.05, 0.1) is 25.4 Å². The Morgan fingerprint density at radius 1 is 0.650 bits per heavy atom. The van der Waals surface area contributed by atoms with E-state index in [1.165, 1.54) is 18.7 Å². The van der Waals surface area contributed by atoms with Gasteiger partial charge < -0.3 is 95.3 Å². The minimum absolute atomic E-state index is 0.0101. The second-order valence-electron chi connectivity index (χ2n) is 18.6. The summed E-state index contributed by atoms with van der Waals surface area (Å²) in [5, 5.41) is 76.6. The summed E-state index contributed by atoms with van der Waals surface area (Å²) in [5.41, 5.74) is 17.2. The molecule has 1 aromatic carbocycles. The molecule has 31 nitrogen and oxygen atoms in total. The number of nitrogens with one attached hydrogen (secondary N) is 8. The van der Waals surface area contributed by atoms with Gasteiger partial charge in [-0.15, -0.1) is 0 Å². The SMILES string of the molecule is CSCC[C@H](NC(=O)[C@H](CCC(=O)O)NC(=O)[C@@H](NC(=O)[C@H](CCCN=C(N)N)NC(=O)[C@@H](N)CCC(=O)O)[C@@H](C)O)C(=O)N[C@@H](Cc1ccccc1)C(=O)N1CCC[C@H]1C(=O)N[C@@H](CO)C(=O)N[C@@H](C)C(=O)N[C@@H](CO)C(=O)O. The quantitative estimate of drug-likeness (QED) is 0.0169. The number of aliphatic imine (C=N–C) groups is 1. The van der Waals surface area contributed by atoms with Gasteiger partial charge in [-0.25, -0.2) is 4.79 Å². The standard InChI is InChI=1S/C48H75N13O18S/c1-24(38(69)59-33(23-63)47(78)79)53-43(74)32(22-62)58-44(75)34-12-8-19-61(34)46(77)31(21-26-9-5-4-6-10-26)57-41(72)30(17-20-80-3)55-40(71)29(14-16-36(67)68)56-45(76)37(25(2)64)60-42(73)28(11-7-18-52-48(50)51)54-39(70)27(49)13-15-35(65)66/h4-6,9-10,24-25,27-34,37,62-64H,7-8,11-23,49H2,1-3H3,(H,53,74)(H,54,70)(H,55,71)(H,56,76)(H,57,72)(H,58,75)(H,59,69)(H,60,73)(H,65,66)(H,67,68)(H,78,79)(H4,50,51,52)/t24-,25+,27-,28-,29-,30-,31-,32-,33-,34-,37-/m0/s1. The van der Waals surface area contributed by atoms with Crippen LogP contribution in [0.25, 0.3) is 0 Å². The molecule has 0 aliphatic carbocycles. The fraction of sp³-hybridized carbons (Fsp3) is 0.604. The monoisotopic (exact) mass is 1150 g/mol. The second-order valence-corrected chi connectivity index (χ2v) is 19.6. The zero-order chi connectivity index (χ0) is 60.2. The summed E-state index contributed by atoms with van der Waals surface area (Å²) >= 11 is 1.27. The van der Waals surface area contributed by atoms with Gasteiger partial charge in [0.15, 0.2) is 5.96 Å². The number of aliphatic carboxylic acids is 3. The lowest BCUT2D eigenvalue weighted by Crippen LogP contribution is -2.62. The fourth-order valence-electron chi connectivity index (χ4n) is 7.84. The van der Waals surface area contributed by atoms with Crippen molar-refractivity contribution in [2.24, 2.45) is 22.2 Å². The molecule has 1 aliphatic rings. The van der Waals surface area contributed by atoms with Crippen molar-refractivity contribution in [2.75, 3.05) is 38.3 Å². The van der Waals surface area contributed by atoms with E-state index < -0.39 is 170 Å². The maximum Gasteiger partial charge on any atom is 0.328 e. The number of hydrogen-bond acceptors (Lipinski definition) is 18. The van der Waals surface area contributed by atoms with E-state index >= 15 is 0 Å². The van der Waals surface area contributed by atoms with Crippen molar-refractivity contribution in [3.05, 3.63) is 35.9 Å². The van der Waals surface area contributed by atoms with E-state index in [1.54, 1.807) is 36.6 Å². The van der Waals surface area contributed by atoms with E-state index in [2.05, 4.69) is 42.2 Å². The Labute approximate surface area is 464 Å². The molecule has 11 atom stereocenters. The predicted molar refractivity (Wildman–Crippen MR) is 284 cm³/mol. The number of nitrogens with zero attached hydrogens (tertiary/aromatic N) is 2. The van der Waals surface area contributed by atoms with Crippen LogP contribution in [0, 0.1) is 0 Å². The maximum absolute atomic E-state index is 14.6. The lowest BCUT2D eigenvalue weighted by atomic mass is 10.0. The number of benzene rings is 1. The van der Waals surface area contributed by atoms with Gasteiger partial charge >= 0.3 is 17.9 Å². The fourth-order valence-corrected chi connectivity index (χ4v) is 8.32. The van der Waals surface area contributed by atoms with E-state index in [1.807, 2.05) is 5.32 Å². The van der Waals surface area contributed by atoms with Crippen molar-refractivity contribution in [3.8, 4) is 0 Å². The second kappa shape index (κ2) is 35.0. The first-order valence-electron chi connectivity index (χ1n) is 25.4. The highest BCUT2D eigenvalue weighted by Crippen LogP contribution is 2.21. The average Bonchev–Trinajstić information content (AvgIpc) is 3.90. The van der Waals surface area contributed by atoms with Gasteiger partial charge in [0.2, 0.25) is 53.2 Å². The van der Waals surface area contributed by atoms with Crippen LogP contribution >= 0.6 is 11.8 Å². The Bertz CT molecular complexity index is 2350. The molecule has 80 heavy (non-hydrogen) atoms. The molecule has 1 saturated heterocycles. The molecule has 446 valence electrons. The number of aliphatic hydroxyl groups is 3. The maximum atomic E-state index is 14.6. The molecule has 20 N–H and O–H groups in total. The molecular weight excluding hydrogens is 1080 g/mol. The molecule has 0 spiro atoms. The van der Waals surface area contributed by atoms with Crippen LogP contribution in [0.1, 0.15) is 77.2 Å². The minimum Gasteiger partial charge on any atom is -0.481 e. The number of rotatable bonds is 36. The number of carboxylic acids is 3. The summed E-state index contributed by atoms with van der Waals surface area (Å²) in [6, 6.07) is -6.95. The summed E-state index contributed by atoms with van der Waals surface area (Å²) in [6.07, 6.45) is -2.04. The van der Waals surface area contributed by atoms with Gasteiger partial charge in [-0.05, 0) is 76.4 Å². The minimum atomic E-state index is -1.86. The molecule has 0 unspecified atom stereocenters. The van der Waals surface area contributed by atoms with Crippen LogP contribution in [-0.2, 0) is 64.0 Å². The molecule has 0 bridgehead atoms. The van der Waals surface area contributed by atoms with Crippen molar-refractivity contribution < 1.29 is 88.2 Å². The molecule has 1 aromatic rings. The lowest BCUT2D eigenvalue weighted by Gasteiger charge is -2.31. The predicted octanol–water partition coefficient (Wildman–Crippen LogP) is -6.57. The summed E-state index contributed by atoms with van der Waals surface area (Å²) in [6.45, 7) is 0.344. The number of carbonyl (C=O) groups excluding carboxylic acids is 9. The Morgan fingerprint density at radius 3 is 1.74 bits per heavy atom. The van der Waals surface area contributed by atoms with E-state index in [4.69, 9.17) is 27.4 Å². The lowest BCUT2D eigenvalue weighted by molar-refractivity contribution is -0.143. The normalized spacial score (nSPS) is 16.6.